The first-order valence-corrected chi connectivity index (χ1v) is 9.75. The number of morpholine rings is 1. The van der Waals surface area contributed by atoms with Crippen LogP contribution in [0.25, 0.3) is 0 Å². The highest BCUT2D eigenvalue weighted by atomic mass is 19.1. The molecule has 154 valence electrons. The normalized spacial score (nSPS) is 17.3. The zero-order valence-corrected chi connectivity index (χ0v) is 16.2. The molecule has 0 saturated carbocycles. The molecule has 9 heteroatoms. The van der Waals surface area contributed by atoms with E-state index in [1.165, 1.54) is 24.3 Å². The van der Waals surface area contributed by atoms with Gasteiger partial charge in [0.1, 0.15) is 11.6 Å². The molecule has 1 amide bonds. The standard InChI is InChI=1S/C20H24FN5O3/c21-16-1-3-18(4-2-16)29-15-20(27)26-7-5-24(6-8-26)17-13-19(23-22-14-17)25-9-11-28-12-10-25/h1-4,13-14H,5-12,15H2. The number of aromatic nitrogens is 2. The smallest absolute Gasteiger partial charge is 0.260 e. The minimum Gasteiger partial charge on any atom is -0.484 e. The van der Waals surface area contributed by atoms with E-state index in [0.717, 1.165) is 37.7 Å². The van der Waals surface area contributed by atoms with Gasteiger partial charge in [0.25, 0.3) is 5.91 Å². The van der Waals surface area contributed by atoms with Gasteiger partial charge >= 0.3 is 0 Å². The number of piperazine rings is 1. The second-order valence-corrected chi connectivity index (χ2v) is 6.98. The van der Waals surface area contributed by atoms with Crippen LogP contribution in [0.5, 0.6) is 5.75 Å². The number of hydrogen-bond donors (Lipinski definition) is 0. The Morgan fingerprint density at radius 2 is 1.76 bits per heavy atom. The number of carbonyl (C=O) groups is 1. The van der Waals surface area contributed by atoms with Crippen molar-refractivity contribution in [3.8, 4) is 5.75 Å². The molecule has 0 unspecified atom stereocenters. The molecular weight excluding hydrogens is 377 g/mol. The van der Waals surface area contributed by atoms with Crippen LogP contribution in [0.3, 0.4) is 0 Å². The molecule has 29 heavy (non-hydrogen) atoms. The molecule has 1 aromatic heterocycles. The molecule has 2 saturated heterocycles. The Bertz CT molecular complexity index is 821. The van der Waals surface area contributed by atoms with Gasteiger partial charge in [-0.05, 0) is 24.3 Å². The third-order valence-electron chi connectivity index (χ3n) is 5.14. The lowest BCUT2D eigenvalue weighted by molar-refractivity contribution is -0.133. The van der Waals surface area contributed by atoms with Crippen LogP contribution < -0.4 is 14.5 Å². The van der Waals surface area contributed by atoms with E-state index in [2.05, 4.69) is 20.0 Å². The average molecular weight is 401 g/mol. The van der Waals surface area contributed by atoms with Crippen molar-refractivity contribution < 1.29 is 18.7 Å². The van der Waals surface area contributed by atoms with E-state index >= 15 is 0 Å². The Morgan fingerprint density at radius 3 is 2.48 bits per heavy atom. The second-order valence-electron chi connectivity index (χ2n) is 6.98. The highest BCUT2D eigenvalue weighted by Crippen LogP contribution is 2.21. The van der Waals surface area contributed by atoms with Gasteiger partial charge in [-0.2, -0.15) is 5.10 Å². The SMILES string of the molecule is O=C(COc1ccc(F)cc1)N1CCN(c2cnnc(N3CCOCC3)c2)CC1. The maximum Gasteiger partial charge on any atom is 0.260 e. The van der Waals surface area contributed by atoms with Crippen LogP contribution in [-0.2, 0) is 9.53 Å². The number of halogens is 1. The van der Waals surface area contributed by atoms with Gasteiger partial charge in [-0.15, -0.1) is 5.10 Å². The van der Waals surface area contributed by atoms with Gasteiger partial charge in [0.05, 0.1) is 25.1 Å². The summed E-state index contributed by atoms with van der Waals surface area (Å²) in [7, 11) is 0. The minimum absolute atomic E-state index is 0.0520. The van der Waals surface area contributed by atoms with Crippen molar-refractivity contribution in [2.24, 2.45) is 0 Å². The van der Waals surface area contributed by atoms with Crippen molar-refractivity contribution in [3.63, 3.8) is 0 Å². The molecule has 2 aromatic rings. The van der Waals surface area contributed by atoms with Crippen LogP contribution >= 0.6 is 0 Å². The molecule has 8 nitrogen and oxygen atoms in total. The van der Waals surface area contributed by atoms with Gasteiger partial charge < -0.3 is 24.2 Å². The summed E-state index contributed by atoms with van der Waals surface area (Å²) >= 11 is 0. The van der Waals surface area contributed by atoms with Crippen molar-refractivity contribution in [2.45, 2.75) is 0 Å². The highest BCUT2D eigenvalue weighted by molar-refractivity contribution is 5.78. The van der Waals surface area contributed by atoms with Crippen molar-refractivity contribution >= 4 is 17.4 Å². The maximum atomic E-state index is 12.9. The van der Waals surface area contributed by atoms with E-state index in [-0.39, 0.29) is 18.3 Å². The predicted octanol–water partition coefficient (Wildman–Crippen LogP) is 1.18. The Morgan fingerprint density at radius 1 is 1.03 bits per heavy atom. The summed E-state index contributed by atoms with van der Waals surface area (Å²) in [5.74, 6) is 0.937. The molecule has 0 bridgehead atoms. The van der Waals surface area contributed by atoms with Gasteiger partial charge in [-0.25, -0.2) is 4.39 Å². The zero-order valence-electron chi connectivity index (χ0n) is 16.2. The summed E-state index contributed by atoms with van der Waals surface area (Å²) in [4.78, 5) is 18.6. The van der Waals surface area contributed by atoms with E-state index in [1.807, 2.05) is 6.07 Å². The molecule has 3 heterocycles. The Balaban J connectivity index is 1.28. The number of anilines is 2. The molecule has 0 atom stereocenters. The number of amides is 1. The van der Waals surface area contributed by atoms with E-state index in [4.69, 9.17) is 9.47 Å². The van der Waals surface area contributed by atoms with E-state index in [0.29, 0.717) is 32.1 Å². The quantitative estimate of drug-likeness (QED) is 0.745. The molecule has 2 aliphatic heterocycles. The van der Waals surface area contributed by atoms with Gasteiger partial charge in [0.15, 0.2) is 12.4 Å². The summed E-state index contributed by atoms with van der Waals surface area (Å²) < 4.78 is 23.8. The van der Waals surface area contributed by atoms with Crippen LogP contribution in [-0.4, -0.2) is 80.1 Å². The summed E-state index contributed by atoms with van der Waals surface area (Å²) in [5, 5.41) is 8.41. The van der Waals surface area contributed by atoms with Gasteiger partial charge in [0.2, 0.25) is 0 Å². The Kier molecular flexibility index (Phi) is 6.04. The Hall–Kier alpha value is -2.94. The van der Waals surface area contributed by atoms with Crippen LogP contribution in [0.4, 0.5) is 15.9 Å². The molecular formula is C20H24FN5O3. The molecule has 0 aliphatic carbocycles. The molecule has 0 radical (unpaired) electrons. The van der Waals surface area contributed by atoms with E-state index < -0.39 is 0 Å². The van der Waals surface area contributed by atoms with Crippen LogP contribution in [0.15, 0.2) is 36.5 Å². The fraction of sp³-hybridized carbons (Fsp3) is 0.450. The monoisotopic (exact) mass is 401 g/mol. The van der Waals surface area contributed by atoms with Crippen LogP contribution in [0, 0.1) is 5.82 Å². The molecule has 0 spiro atoms. The van der Waals surface area contributed by atoms with Crippen LogP contribution in [0.1, 0.15) is 0 Å². The van der Waals surface area contributed by atoms with Gasteiger partial charge in [0, 0.05) is 45.3 Å². The fourth-order valence-electron chi connectivity index (χ4n) is 3.45. The van der Waals surface area contributed by atoms with Crippen molar-refractivity contribution in [1.29, 1.82) is 0 Å². The maximum absolute atomic E-state index is 12.9. The van der Waals surface area contributed by atoms with E-state index in [1.54, 1.807) is 11.1 Å². The topological polar surface area (TPSA) is 71.0 Å². The summed E-state index contributed by atoms with van der Waals surface area (Å²) in [6.07, 6.45) is 1.76. The average Bonchev–Trinajstić information content (AvgIpc) is 2.79. The third kappa shape index (κ3) is 4.92. The Labute approximate surface area is 168 Å². The van der Waals surface area contributed by atoms with Crippen molar-refractivity contribution in [1.82, 2.24) is 15.1 Å². The van der Waals surface area contributed by atoms with Crippen molar-refractivity contribution in [3.05, 3.63) is 42.3 Å². The number of ether oxygens (including phenoxy) is 2. The third-order valence-corrected chi connectivity index (χ3v) is 5.14. The molecule has 2 aliphatic rings. The number of rotatable bonds is 5. The van der Waals surface area contributed by atoms with Crippen molar-refractivity contribution in [2.75, 3.05) is 68.9 Å². The van der Waals surface area contributed by atoms with Crippen LogP contribution in [0.2, 0.25) is 0 Å². The highest BCUT2D eigenvalue weighted by Gasteiger charge is 2.23. The number of benzene rings is 1. The molecule has 2 fully saturated rings. The predicted molar refractivity (Wildman–Crippen MR) is 106 cm³/mol. The number of nitrogens with zero attached hydrogens (tertiary/aromatic N) is 5. The van der Waals surface area contributed by atoms with Gasteiger partial charge in [-0.3, -0.25) is 4.79 Å². The second kappa shape index (κ2) is 9.04. The largest absolute Gasteiger partial charge is 0.484 e. The molecule has 0 N–H and O–H groups in total. The molecule has 1 aromatic carbocycles. The first kappa shape index (κ1) is 19.4. The van der Waals surface area contributed by atoms with Gasteiger partial charge in [-0.1, -0.05) is 0 Å². The lowest BCUT2D eigenvalue weighted by atomic mass is 10.2. The van der Waals surface area contributed by atoms with E-state index in [9.17, 15) is 9.18 Å². The fourth-order valence-corrected chi connectivity index (χ4v) is 3.45. The summed E-state index contributed by atoms with van der Waals surface area (Å²) in [6, 6.07) is 7.71. The number of carbonyl (C=O) groups excluding carboxylic acids is 1. The zero-order chi connectivity index (χ0) is 20.1. The minimum atomic E-state index is -0.331. The first-order valence-electron chi connectivity index (χ1n) is 9.75. The first-order chi connectivity index (χ1) is 14.2. The summed E-state index contributed by atoms with van der Waals surface area (Å²) in [6.45, 7) is 5.64. The number of hydrogen-bond acceptors (Lipinski definition) is 7. The lowest BCUT2D eigenvalue weighted by Gasteiger charge is -2.36. The lowest BCUT2D eigenvalue weighted by Crippen LogP contribution is -2.50. The summed E-state index contributed by atoms with van der Waals surface area (Å²) in [5.41, 5.74) is 1.01. The molecule has 4 rings (SSSR count).